The predicted octanol–water partition coefficient (Wildman–Crippen LogP) is 6.30. The highest BCUT2D eigenvalue weighted by molar-refractivity contribution is 9.10. The smallest absolute Gasteiger partial charge is 0.0595 e. The highest BCUT2D eigenvalue weighted by Gasteiger charge is 2.15. The van der Waals surface area contributed by atoms with E-state index < -0.39 is 0 Å². The Morgan fingerprint density at radius 3 is 2.43 bits per heavy atom. The molecule has 21 heavy (non-hydrogen) atoms. The highest BCUT2D eigenvalue weighted by atomic mass is 79.9. The van der Waals surface area contributed by atoms with Gasteiger partial charge in [0, 0.05) is 15.5 Å². The van der Waals surface area contributed by atoms with Crippen molar-refractivity contribution in [3.05, 3.63) is 67.1 Å². The summed E-state index contributed by atoms with van der Waals surface area (Å²) in [7, 11) is 0. The lowest BCUT2D eigenvalue weighted by Gasteiger charge is -2.20. The van der Waals surface area contributed by atoms with E-state index in [1.54, 1.807) is 0 Å². The predicted molar refractivity (Wildman–Crippen MR) is 95.7 cm³/mol. The molecule has 1 atom stereocenters. The molecule has 2 rings (SSSR count). The minimum atomic E-state index is 0.180. The number of hydrogen-bond donors (Lipinski definition) is 1. The minimum Gasteiger partial charge on any atom is -0.310 e. The van der Waals surface area contributed by atoms with Crippen LogP contribution in [0.2, 0.25) is 15.1 Å². The van der Waals surface area contributed by atoms with Crippen molar-refractivity contribution in [1.29, 1.82) is 0 Å². The molecule has 5 heteroatoms. The van der Waals surface area contributed by atoms with E-state index in [2.05, 4.69) is 28.2 Å². The maximum atomic E-state index is 6.09. The van der Waals surface area contributed by atoms with Crippen molar-refractivity contribution in [2.24, 2.45) is 0 Å². The van der Waals surface area contributed by atoms with E-state index in [9.17, 15) is 0 Å². The van der Waals surface area contributed by atoms with Crippen LogP contribution in [0.3, 0.4) is 0 Å². The van der Waals surface area contributed by atoms with Crippen molar-refractivity contribution >= 4 is 50.7 Å². The van der Waals surface area contributed by atoms with Crippen molar-refractivity contribution in [2.45, 2.75) is 19.4 Å². The number of halogens is 4. The van der Waals surface area contributed by atoms with Gasteiger partial charge >= 0.3 is 0 Å². The number of rotatable bonds is 5. The Morgan fingerprint density at radius 1 is 1.05 bits per heavy atom. The van der Waals surface area contributed by atoms with Gasteiger partial charge in [-0.25, -0.2) is 0 Å². The third kappa shape index (κ3) is 4.61. The Morgan fingerprint density at radius 2 is 1.81 bits per heavy atom. The molecule has 0 radical (unpaired) electrons. The summed E-state index contributed by atoms with van der Waals surface area (Å²) in [6.07, 6.45) is 0.824. The summed E-state index contributed by atoms with van der Waals surface area (Å²) < 4.78 is 1.00. The monoisotopic (exact) mass is 405 g/mol. The first-order valence-corrected chi connectivity index (χ1v) is 8.56. The van der Waals surface area contributed by atoms with Gasteiger partial charge in [-0.2, -0.15) is 0 Å². The largest absolute Gasteiger partial charge is 0.310 e. The van der Waals surface area contributed by atoms with E-state index in [4.69, 9.17) is 34.8 Å². The first kappa shape index (κ1) is 17.1. The van der Waals surface area contributed by atoms with Crippen molar-refractivity contribution in [3.63, 3.8) is 0 Å². The number of benzene rings is 2. The van der Waals surface area contributed by atoms with E-state index in [1.165, 1.54) is 5.56 Å². The molecule has 0 heterocycles. The lowest BCUT2D eigenvalue weighted by atomic mass is 9.99. The zero-order chi connectivity index (χ0) is 15.4. The lowest BCUT2D eigenvalue weighted by Crippen LogP contribution is -2.23. The van der Waals surface area contributed by atoms with E-state index in [1.807, 2.05) is 36.4 Å². The summed E-state index contributed by atoms with van der Waals surface area (Å²) in [6.45, 7) is 2.96. The summed E-state index contributed by atoms with van der Waals surface area (Å²) in [5.41, 5.74) is 2.31. The zero-order valence-corrected chi connectivity index (χ0v) is 15.3. The molecule has 112 valence electrons. The van der Waals surface area contributed by atoms with Crippen LogP contribution in [0.25, 0.3) is 0 Å². The molecule has 2 aromatic carbocycles. The first-order valence-electron chi connectivity index (χ1n) is 6.63. The zero-order valence-electron chi connectivity index (χ0n) is 11.5. The molecule has 0 saturated heterocycles. The van der Waals surface area contributed by atoms with Crippen LogP contribution in [0, 0.1) is 0 Å². The molecule has 0 aliphatic carbocycles. The van der Waals surface area contributed by atoms with Crippen molar-refractivity contribution in [2.75, 3.05) is 6.54 Å². The molecular formula is C16H15BrCl3N. The van der Waals surface area contributed by atoms with Gasteiger partial charge < -0.3 is 5.32 Å². The second-order valence-corrected chi connectivity index (χ2v) is 6.83. The fourth-order valence-corrected chi connectivity index (χ4v) is 3.50. The van der Waals surface area contributed by atoms with Gasteiger partial charge in [-0.3, -0.25) is 0 Å². The number of hydrogen-bond acceptors (Lipinski definition) is 1. The SMILES string of the molecule is CCNC(Cc1ccc(Cl)c(Cl)c1)c1ccc(Cl)cc1Br. The molecule has 0 bridgehead atoms. The average Bonchev–Trinajstić information content (AvgIpc) is 2.42. The normalized spacial score (nSPS) is 12.4. The molecule has 0 amide bonds. The maximum absolute atomic E-state index is 6.09. The Hall–Kier alpha value is -0.250. The van der Waals surface area contributed by atoms with Gasteiger partial charge in [-0.05, 0) is 48.4 Å². The van der Waals surface area contributed by atoms with Gasteiger partial charge in [0.1, 0.15) is 0 Å². The van der Waals surface area contributed by atoms with E-state index in [0.717, 1.165) is 28.0 Å². The molecule has 0 spiro atoms. The number of nitrogens with one attached hydrogen (secondary N) is 1. The Labute approximate surface area is 148 Å². The third-order valence-electron chi connectivity index (χ3n) is 3.21. The van der Waals surface area contributed by atoms with Gasteiger partial charge in [0.25, 0.3) is 0 Å². The molecule has 0 aliphatic heterocycles. The fraction of sp³-hybridized carbons (Fsp3) is 0.250. The molecule has 1 nitrogen and oxygen atoms in total. The van der Waals surface area contributed by atoms with Gasteiger partial charge in [0.2, 0.25) is 0 Å². The van der Waals surface area contributed by atoms with Gasteiger partial charge in [-0.1, -0.05) is 69.8 Å². The Kier molecular flexibility index (Phi) is 6.39. The van der Waals surface area contributed by atoms with Crippen molar-refractivity contribution in [3.8, 4) is 0 Å². The summed E-state index contributed by atoms with van der Waals surface area (Å²) in [4.78, 5) is 0. The Bertz CT molecular complexity index is 631. The second kappa shape index (κ2) is 7.85. The summed E-state index contributed by atoms with van der Waals surface area (Å²) in [5, 5.41) is 5.37. The van der Waals surface area contributed by atoms with Crippen LogP contribution in [-0.2, 0) is 6.42 Å². The first-order chi connectivity index (χ1) is 10.0. The van der Waals surface area contributed by atoms with Crippen molar-refractivity contribution in [1.82, 2.24) is 5.32 Å². The topological polar surface area (TPSA) is 12.0 Å². The van der Waals surface area contributed by atoms with E-state index >= 15 is 0 Å². The summed E-state index contributed by atoms with van der Waals surface area (Å²) in [5.74, 6) is 0. The Balaban J connectivity index is 2.28. The van der Waals surface area contributed by atoms with Crippen LogP contribution in [0.4, 0.5) is 0 Å². The van der Waals surface area contributed by atoms with Crippen LogP contribution < -0.4 is 5.32 Å². The molecular weight excluding hydrogens is 392 g/mol. The fourth-order valence-electron chi connectivity index (χ4n) is 2.22. The van der Waals surface area contributed by atoms with Crippen LogP contribution in [0.5, 0.6) is 0 Å². The highest BCUT2D eigenvalue weighted by Crippen LogP contribution is 2.30. The second-order valence-electron chi connectivity index (χ2n) is 4.73. The number of likely N-dealkylation sites (N-methyl/N-ethyl adjacent to an activating group) is 1. The van der Waals surface area contributed by atoms with E-state index in [-0.39, 0.29) is 6.04 Å². The molecule has 0 aliphatic rings. The van der Waals surface area contributed by atoms with Crippen LogP contribution in [0.15, 0.2) is 40.9 Å². The average molecular weight is 408 g/mol. The quantitative estimate of drug-likeness (QED) is 0.613. The van der Waals surface area contributed by atoms with Crippen LogP contribution in [-0.4, -0.2) is 6.54 Å². The van der Waals surface area contributed by atoms with Crippen molar-refractivity contribution < 1.29 is 0 Å². The molecule has 1 N–H and O–H groups in total. The molecule has 0 aromatic heterocycles. The van der Waals surface area contributed by atoms with E-state index in [0.29, 0.717) is 10.0 Å². The summed E-state index contributed by atoms with van der Waals surface area (Å²) in [6, 6.07) is 11.8. The molecule has 0 saturated carbocycles. The molecule has 2 aromatic rings. The van der Waals surface area contributed by atoms with Gasteiger partial charge in [0.15, 0.2) is 0 Å². The summed E-state index contributed by atoms with van der Waals surface area (Å²) >= 11 is 21.7. The molecule has 1 unspecified atom stereocenters. The maximum Gasteiger partial charge on any atom is 0.0595 e. The minimum absolute atomic E-state index is 0.180. The molecule has 0 fully saturated rings. The van der Waals surface area contributed by atoms with Crippen LogP contribution >= 0.6 is 50.7 Å². The van der Waals surface area contributed by atoms with Crippen LogP contribution in [0.1, 0.15) is 24.1 Å². The van der Waals surface area contributed by atoms with Gasteiger partial charge in [-0.15, -0.1) is 0 Å². The lowest BCUT2D eigenvalue weighted by molar-refractivity contribution is 0.548. The third-order valence-corrected chi connectivity index (χ3v) is 4.87. The van der Waals surface area contributed by atoms with Gasteiger partial charge in [0.05, 0.1) is 10.0 Å². The standard InChI is InChI=1S/C16H15BrCl3N/c1-2-21-16(12-5-4-11(18)9-13(12)17)8-10-3-6-14(19)15(20)7-10/h3-7,9,16,21H,2,8H2,1H3.